The molecule has 1 atom stereocenters. The van der Waals surface area contributed by atoms with Gasteiger partial charge in [0.25, 0.3) is 5.56 Å². The molecule has 3 aliphatic heterocycles. The van der Waals surface area contributed by atoms with Crippen LogP contribution in [-0.2, 0) is 39.6 Å². The van der Waals surface area contributed by atoms with Gasteiger partial charge in [0.1, 0.15) is 6.61 Å². The van der Waals surface area contributed by atoms with Crippen molar-refractivity contribution in [2.24, 2.45) is 0 Å². The van der Waals surface area contributed by atoms with Crippen LogP contribution in [0, 0.1) is 0 Å². The van der Waals surface area contributed by atoms with Gasteiger partial charge in [-0.15, -0.1) is 0 Å². The molecule has 1 fully saturated rings. The van der Waals surface area contributed by atoms with Crippen molar-refractivity contribution in [3.05, 3.63) is 62.9 Å². The summed E-state index contributed by atoms with van der Waals surface area (Å²) in [6.07, 6.45) is 0.119. The second-order valence-electron chi connectivity index (χ2n) is 8.97. The van der Waals surface area contributed by atoms with Crippen LogP contribution in [0.1, 0.15) is 35.6 Å². The maximum absolute atomic E-state index is 13.5. The van der Waals surface area contributed by atoms with Crippen LogP contribution in [0.25, 0.3) is 22.3 Å². The second-order valence-corrected chi connectivity index (χ2v) is 8.97. The smallest absolute Gasteiger partial charge is 0.343 e. The molecule has 1 aromatic carbocycles. The number of carbonyl (C=O) groups excluding carboxylic acids is 1. The lowest BCUT2D eigenvalue weighted by molar-refractivity contribution is -0.172. The number of aromatic nitrogens is 2. The normalized spacial score (nSPS) is 21.8. The van der Waals surface area contributed by atoms with E-state index in [1.165, 1.54) is 0 Å². The molecule has 0 bridgehead atoms. The number of rotatable bonds is 4. The Morgan fingerprint density at radius 2 is 1.97 bits per heavy atom. The molecule has 9 heteroatoms. The van der Waals surface area contributed by atoms with Crippen LogP contribution < -0.4 is 11.0 Å². The predicted octanol–water partition coefficient (Wildman–Crippen LogP) is 1.42. The highest BCUT2D eigenvalue weighted by molar-refractivity contribution is 5.89. The molecule has 5 heterocycles. The van der Waals surface area contributed by atoms with E-state index in [2.05, 4.69) is 16.5 Å². The van der Waals surface area contributed by atoms with Gasteiger partial charge in [-0.3, -0.25) is 10.2 Å². The van der Waals surface area contributed by atoms with E-state index in [0.29, 0.717) is 43.1 Å². The molecule has 0 saturated carbocycles. The van der Waals surface area contributed by atoms with Crippen molar-refractivity contribution in [1.29, 1.82) is 0 Å². The number of hydrazine groups is 1. The van der Waals surface area contributed by atoms with Crippen molar-refractivity contribution >= 4 is 16.9 Å². The highest BCUT2D eigenvalue weighted by Gasteiger charge is 2.45. The second kappa shape index (κ2) is 7.99. The van der Waals surface area contributed by atoms with Crippen molar-refractivity contribution < 1.29 is 19.4 Å². The van der Waals surface area contributed by atoms with E-state index in [1.54, 1.807) is 17.6 Å². The molecule has 0 unspecified atom stereocenters. The number of aliphatic hydroxyl groups is 1. The van der Waals surface area contributed by atoms with Crippen molar-refractivity contribution in [2.75, 3.05) is 26.3 Å². The number of nitrogens with zero attached hydrogens (tertiary/aromatic N) is 3. The van der Waals surface area contributed by atoms with Gasteiger partial charge in [-0.25, -0.2) is 14.8 Å². The van der Waals surface area contributed by atoms with Crippen LogP contribution in [0.5, 0.6) is 0 Å². The average Bonchev–Trinajstić information content (AvgIpc) is 3.24. The van der Waals surface area contributed by atoms with Gasteiger partial charge >= 0.3 is 5.97 Å². The fraction of sp³-hybridized carbons (Fsp3) is 0.400. The minimum absolute atomic E-state index is 0.119. The first-order valence-electron chi connectivity index (χ1n) is 11.6. The SMILES string of the molecule is CC[C@@]1(O)C(=O)OCc2c1cc1n(c2=O)Cc2c-1nc1ccccc1c2CNN1CCOCC1. The molecular weight excluding hydrogens is 436 g/mol. The van der Waals surface area contributed by atoms with Crippen molar-refractivity contribution in [2.45, 2.75) is 38.6 Å². The molecule has 2 aromatic heterocycles. The van der Waals surface area contributed by atoms with Gasteiger partial charge in [-0.2, -0.15) is 0 Å². The number of esters is 1. The first-order valence-corrected chi connectivity index (χ1v) is 11.6. The van der Waals surface area contributed by atoms with Gasteiger partial charge in [0.05, 0.1) is 42.2 Å². The van der Waals surface area contributed by atoms with E-state index in [1.807, 2.05) is 18.2 Å². The minimum atomic E-state index is -1.83. The zero-order valence-electron chi connectivity index (χ0n) is 19.0. The van der Waals surface area contributed by atoms with E-state index in [9.17, 15) is 14.7 Å². The zero-order chi connectivity index (χ0) is 23.4. The summed E-state index contributed by atoms with van der Waals surface area (Å²) in [4.78, 5) is 30.8. The number of hydrogen-bond acceptors (Lipinski definition) is 8. The molecule has 176 valence electrons. The van der Waals surface area contributed by atoms with Crippen molar-refractivity contribution in [3.63, 3.8) is 0 Å². The fourth-order valence-corrected chi connectivity index (χ4v) is 5.23. The third kappa shape index (κ3) is 3.12. The third-order valence-corrected chi connectivity index (χ3v) is 7.20. The summed E-state index contributed by atoms with van der Waals surface area (Å²) in [5.41, 5.74) is 6.35. The molecule has 0 amide bonds. The van der Waals surface area contributed by atoms with Crippen LogP contribution in [0.4, 0.5) is 0 Å². The van der Waals surface area contributed by atoms with E-state index >= 15 is 0 Å². The highest BCUT2D eigenvalue weighted by atomic mass is 16.6. The van der Waals surface area contributed by atoms with Gasteiger partial charge in [-0.1, -0.05) is 25.1 Å². The maximum Gasteiger partial charge on any atom is 0.343 e. The monoisotopic (exact) mass is 462 g/mol. The first-order chi connectivity index (χ1) is 16.5. The van der Waals surface area contributed by atoms with Crippen LogP contribution in [0.3, 0.4) is 0 Å². The fourth-order valence-electron chi connectivity index (χ4n) is 5.23. The standard InChI is InChI=1S/C25H26N4O5/c1-2-25(32)19-11-21-22-17(13-29(21)23(30)18(19)14-34-24(25)31)16(12-26-28-7-9-33-10-8-28)15-5-3-4-6-20(15)27-22/h3-6,11,26,32H,2,7-10,12-14H2,1H3/t25-/m0/s1. The Morgan fingerprint density at radius 1 is 1.18 bits per heavy atom. The lowest BCUT2D eigenvalue weighted by Crippen LogP contribution is -2.45. The zero-order valence-corrected chi connectivity index (χ0v) is 19.0. The predicted molar refractivity (Wildman–Crippen MR) is 124 cm³/mol. The number of morpholine rings is 1. The van der Waals surface area contributed by atoms with Gasteiger partial charge in [-0.05, 0) is 24.1 Å². The molecule has 9 nitrogen and oxygen atoms in total. The Hall–Kier alpha value is -3.11. The Labute approximate surface area is 195 Å². The third-order valence-electron chi connectivity index (χ3n) is 7.20. The Bertz CT molecular complexity index is 1380. The van der Waals surface area contributed by atoms with E-state index < -0.39 is 11.6 Å². The molecule has 6 rings (SSSR count). The topological polar surface area (TPSA) is 106 Å². The molecule has 34 heavy (non-hydrogen) atoms. The number of carbonyl (C=O) groups is 1. The quantitative estimate of drug-likeness (QED) is 0.439. The average molecular weight is 463 g/mol. The Morgan fingerprint density at radius 3 is 2.76 bits per heavy atom. The maximum atomic E-state index is 13.5. The first kappa shape index (κ1) is 21.4. The number of pyridine rings is 2. The summed E-state index contributed by atoms with van der Waals surface area (Å²) in [6, 6.07) is 9.71. The Balaban J connectivity index is 1.51. The Kier molecular flexibility index (Phi) is 5.03. The number of ether oxygens (including phenoxy) is 2. The number of nitrogens with one attached hydrogen (secondary N) is 1. The molecular formula is C25H26N4O5. The van der Waals surface area contributed by atoms with E-state index in [-0.39, 0.29) is 18.6 Å². The molecule has 0 aliphatic carbocycles. The summed E-state index contributed by atoms with van der Waals surface area (Å²) in [5.74, 6) is -0.716. The number of hydrogen-bond donors (Lipinski definition) is 2. The molecule has 3 aliphatic rings. The molecule has 0 radical (unpaired) electrons. The summed E-state index contributed by atoms with van der Waals surface area (Å²) in [5, 5.41) is 14.3. The lowest BCUT2D eigenvalue weighted by Gasteiger charge is -2.31. The lowest BCUT2D eigenvalue weighted by atomic mass is 9.86. The number of cyclic esters (lactones) is 1. The van der Waals surface area contributed by atoms with E-state index in [4.69, 9.17) is 14.5 Å². The number of para-hydroxylation sites is 1. The van der Waals surface area contributed by atoms with Crippen LogP contribution >= 0.6 is 0 Å². The van der Waals surface area contributed by atoms with Crippen LogP contribution in [0.15, 0.2) is 35.1 Å². The van der Waals surface area contributed by atoms with Gasteiger partial charge in [0.15, 0.2) is 5.60 Å². The van der Waals surface area contributed by atoms with Crippen LogP contribution in [-0.4, -0.2) is 51.9 Å². The van der Waals surface area contributed by atoms with E-state index in [0.717, 1.165) is 40.8 Å². The summed E-state index contributed by atoms with van der Waals surface area (Å²) in [6.45, 7) is 5.54. The molecule has 3 aromatic rings. The van der Waals surface area contributed by atoms with Gasteiger partial charge < -0.3 is 19.1 Å². The molecule has 2 N–H and O–H groups in total. The number of fused-ring (bicyclic) bond motifs is 5. The highest BCUT2D eigenvalue weighted by Crippen LogP contribution is 2.40. The summed E-state index contributed by atoms with van der Waals surface area (Å²) in [7, 11) is 0. The molecule has 0 spiro atoms. The number of benzene rings is 1. The van der Waals surface area contributed by atoms with Crippen LogP contribution in [0.2, 0.25) is 0 Å². The van der Waals surface area contributed by atoms with Gasteiger partial charge in [0, 0.05) is 36.1 Å². The summed E-state index contributed by atoms with van der Waals surface area (Å²) < 4.78 is 12.3. The van der Waals surface area contributed by atoms with Crippen molar-refractivity contribution in [3.8, 4) is 11.4 Å². The largest absolute Gasteiger partial charge is 0.458 e. The minimum Gasteiger partial charge on any atom is -0.458 e. The van der Waals surface area contributed by atoms with Crippen molar-refractivity contribution in [1.82, 2.24) is 20.0 Å². The molecule has 1 saturated heterocycles. The summed E-state index contributed by atoms with van der Waals surface area (Å²) >= 11 is 0. The van der Waals surface area contributed by atoms with Gasteiger partial charge in [0.2, 0.25) is 0 Å².